The Labute approximate surface area is 99.6 Å². The molecule has 1 rings (SSSR count). The van der Waals surface area contributed by atoms with Crippen molar-refractivity contribution in [1.82, 2.24) is 4.90 Å². The molecule has 0 aromatic heterocycles. The number of alkyl halides is 3. The summed E-state index contributed by atoms with van der Waals surface area (Å²) in [6, 6.07) is 7.45. The SMILES string of the molecule is C=C(CC(N(C)C)C(F)(F)F)c1ccccc1. The van der Waals surface area contributed by atoms with Gasteiger partial charge in [-0.25, -0.2) is 0 Å². The predicted molar refractivity (Wildman–Crippen MR) is 63.6 cm³/mol. The molecule has 0 N–H and O–H groups in total. The van der Waals surface area contributed by atoms with E-state index in [1.54, 1.807) is 24.3 Å². The van der Waals surface area contributed by atoms with E-state index in [1.165, 1.54) is 19.0 Å². The lowest BCUT2D eigenvalue weighted by molar-refractivity contribution is -0.175. The number of rotatable bonds is 4. The zero-order valence-corrected chi connectivity index (χ0v) is 9.96. The zero-order valence-electron chi connectivity index (χ0n) is 9.96. The van der Waals surface area contributed by atoms with Crippen molar-refractivity contribution in [2.24, 2.45) is 0 Å². The van der Waals surface area contributed by atoms with E-state index in [9.17, 15) is 13.2 Å². The maximum absolute atomic E-state index is 12.8. The van der Waals surface area contributed by atoms with E-state index in [0.717, 1.165) is 5.56 Å². The fraction of sp³-hybridized carbons (Fsp3) is 0.385. The molecule has 0 aliphatic heterocycles. The average molecular weight is 243 g/mol. The molecule has 0 amide bonds. The Morgan fingerprint density at radius 1 is 1.24 bits per heavy atom. The predicted octanol–water partition coefficient (Wildman–Crippen LogP) is 3.58. The number of benzene rings is 1. The van der Waals surface area contributed by atoms with Crippen molar-refractivity contribution in [1.29, 1.82) is 0 Å². The van der Waals surface area contributed by atoms with Crippen LogP contribution in [0.4, 0.5) is 13.2 Å². The Morgan fingerprint density at radius 2 is 1.76 bits per heavy atom. The monoisotopic (exact) mass is 243 g/mol. The number of hydrogen-bond acceptors (Lipinski definition) is 1. The molecule has 0 saturated carbocycles. The third kappa shape index (κ3) is 3.89. The van der Waals surface area contributed by atoms with Crippen molar-refractivity contribution in [3.8, 4) is 0 Å². The van der Waals surface area contributed by atoms with Gasteiger partial charge in [-0.3, -0.25) is 4.90 Å². The molecule has 0 aliphatic carbocycles. The van der Waals surface area contributed by atoms with Crippen molar-refractivity contribution >= 4 is 5.57 Å². The molecule has 1 unspecified atom stereocenters. The molecule has 0 heterocycles. The summed E-state index contributed by atoms with van der Waals surface area (Å²) in [5, 5.41) is 0. The van der Waals surface area contributed by atoms with Gasteiger partial charge in [0, 0.05) is 0 Å². The zero-order chi connectivity index (χ0) is 13.1. The molecule has 0 spiro atoms. The fourth-order valence-corrected chi connectivity index (χ4v) is 1.62. The van der Waals surface area contributed by atoms with Gasteiger partial charge in [0.15, 0.2) is 0 Å². The van der Waals surface area contributed by atoms with Crippen LogP contribution in [0.15, 0.2) is 36.9 Å². The summed E-state index contributed by atoms with van der Waals surface area (Å²) in [5.41, 5.74) is 1.25. The minimum absolute atomic E-state index is 0.111. The van der Waals surface area contributed by atoms with Crippen molar-refractivity contribution in [2.45, 2.75) is 18.6 Å². The van der Waals surface area contributed by atoms with Gasteiger partial charge in [-0.2, -0.15) is 13.2 Å². The Hall–Kier alpha value is -1.29. The summed E-state index contributed by atoms with van der Waals surface area (Å²) in [6.45, 7) is 3.73. The molecule has 0 saturated heterocycles. The minimum atomic E-state index is -4.23. The van der Waals surface area contributed by atoms with Gasteiger partial charge >= 0.3 is 6.18 Å². The van der Waals surface area contributed by atoms with Gasteiger partial charge in [0.2, 0.25) is 0 Å². The van der Waals surface area contributed by atoms with Crippen LogP contribution in [0.5, 0.6) is 0 Å². The molecule has 1 nitrogen and oxygen atoms in total. The Kier molecular flexibility index (Phi) is 4.34. The molecule has 1 aromatic carbocycles. The lowest BCUT2D eigenvalue weighted by atomic mass is 9.99. The Bertz CT molecular complexity index is 368. The van der Waals surface area contributed by atoms with E-state index in [0.29, 0.717) is 5.57 Å². The highest BCUT2D eigenvalue weighted by Crippen LogP contribution is 2.30. The summed E-state index contributed by atoms with van der Waals surface area (Å²) < 4.78 is 38.3. The van der Waals surface area contributed by atoms with Crippen LogP contribution in [0.1, 0.15) is 12.0 Å². The quantitative estimate of drug-likeness (QED) is 0.781. The molecule has 0 aliphatic rings. The van der Waals surface area contributed by atoms with E-state index in [4.69, 9.17) is 0 Å². The first-order chi connectivity index (χ1) is 7.82. The third-order valence-electron chi connectivity index (χ3n) is 2.62. The number of hydrogen-bond donors (Lipinski definition) is 0. The van der Waals surface area contributed by atoms with E-state index in [2.05, 4.69) is 6.58 Å². The second-order valence-corrected chi connectivity index (χ2v) is 4.19. The van der Waals surface area contributed by atoms with Gasteiger partial charge in [-0.05, 0) is 31.7 Å². The molecule has 4 heteroatoms. The van der Waals surface area contributed by atoms with Gasteiger partial charge in [-0.15, -0.1) is 0 Å². The van der Waals surface area contributed by atoms with Crippen LogP contribution in [0.25, 0.3) is 5.57 Å². The Morgan fingerprint density at radius 3 is 2.18 bits per heavy atom. The highest BCUT2D eigenvalue weighted by molar-refractivity contribution is 5.63. The van der Waals surface area contributed by atoms with Crippen LogP contribution < -0.4 is 0 Å². The highest BCUT2D eigenvalue weighted by atomic mass is 19.4. The van der Waals surface area contributed by atoms with E-state index < -0.39 is 12.2 Å². The average Bonchev–Trinajstić information content (AvgIpc) is 2.24. The molecule has 17 heavy (non-hydrogen) atoms. The van der Waals surface area contributed by atoms with Crippen LogP contribution in [-0.4, -0.2) is 31.2 Å². The second kappa shape index (κ2) is 5.36. The standard InChI is InChI=1S/C13H16F3N/c1-10(11-7-5-4-6-8-11)9-12(17(2)3)13(14,15)16/h4-8,12H,1,9H2,2-3H3. The van der Waals surface area contributed by atoms with E-state index in [-0.39, 0.29) is 6.42 Å². The topological polar surface area (TPSA) is 3.24 Å². The smallest absolute Gasteiger partial charge is 0.298 e. The molecule has 1 atom stereocenters. The van der Waals surface area contributed by atoms with Crippen LogP contribution in [0.2, 0.25) is 0 Å². The van der Waals surface area contributed by atoms with Crippen molar-refractivity contribution in [3.05, 3.63) is 42.5 Å². The van der Waals surface area contributed by atoms with Crippen molar-refractivity contribution < 1.29 is 13.2 Å². The number of nitrogens with zero attached hydrogens (tertiary/aromatic N) is 1. The van der Waals surface area contributed by atoms with Crippen molar-refractivity contribution in [3.63, 3.8) is 0 Å². The Balaban J connectivity index is 2.79. The molecule has 94 valence electrons. The first-order valence-corrected chi connectivity index (χ1v) is 5.28. The molecular weight excluding hydrogens is 227 g/mol. The number of halogens is 3. The van der Waals surface area contributed by atoms with Gasteiger partial charge in [0.1, 0.15) is 6.04 Å². The minimum Gasteiger partial charge on any atom is -0.298 e. The second-order valence-electron chi connectivity index (χ2n) is 4.19. The van der Waals surface area contributed by atoms with Gasteiger partial charge in [0.25, 0.3) is 0 Å². The van der Waals surface area contributed by atoms with Gasteiger partial charge in [-0.1, -0.05) is 36.9 Å². The van der Waals surface area contributed by atoms with Crippen LogP contribution in [0.3, 0.4) is 0 Å². The van der Waals surface area contributed by atoms with Crippen molar-refractivity contribution in [2.75, 3.05) is 14.1 Å². The summed E-state index contributed by atoms with van der Waals surface area (Å²) >= 11 is 0. The maximum atomic E-state index is 12.8. The van der Waals surface area contributed by atoms with Crippen LogP contribution >= 0.6 is 0 Å². The molecule has 0 radical (unpaired) electrons. The first kappa shape index (κ1) is 13.8. The third-order valence-corrected chi connectivity index (χ3v) is 2.62. The lowest BCUT2D eigenvalue weighted by Crippen LogP contribution is -2.41. The fourth-order valence-electron chi connectivity index (χ4n) is 1.62. The van der Waals surface area contributed by atoms with Crippen LogP contribution in [-0.2, 0) is 0 Å². The molecular formula is C13H16F3N. The summed E-state index contributed by atoms with van der Waals surface area (Å²) in [6.07, 6.45) is -4.35. The molecule has 1 aromatic rings. The lowest BCUT2D eigenvalue weighted by Gasteiger charge is -2.27. The summed E-state index contributed by atoms with van der Waals surface area (Å²) in [7, 11) is 2.85. The van der Waals surface area contributed by atoms with Gasteiger partial charge in [0.05, 0.1) is 0 Å². The van der Waals surface area contributed by atoms with E-state index >= 15 is 0 Å². The highest BCUT2D eigenvalue weighted by Gasteiger charge is 2.41. The molecule has 0 fully saturated rings. The maximum Gasteiger partial charge on any atom is 0.404 e. The van der Waals surface area contributed by atoms with Crippen LogP contribution in [0, 0.1) is 0 Å². The summed E-state index contributed by atoms with van der Waals surface area (Å²) in [4.78, 5) is 1.17. The largest absolute Gasteiger partial charge is 0.404 e. The molecule has 0 bridgehead atoms. The first-order valence-electron chi connectivity index (χ1n) is 5.28. The normalized spacial score (nSPS) is 13.8. The van der Waals surface area contributed by atoms with E-state index in [1.807, 2.05) is 6.07 Å². The summed E-state index contributed by atoms with van der Waals surface area (Å²) in [5.74, 6) is 0. The van der Waals surface area contributed by atoms with Gasteiger partial charge < -0.3 is 0 Å².